The molecular weight excluding hydrogens is 166 g/mol. The van der Waals surface area contributed by atoms with Gasteiger partial charge >= 0.3 is 0 Å². The molecule has 3 nitrogen and oxygen atoms in total. The molecule has 0 saturated heterocycles. The van der Waals surface area contributed by atoms with Gasteiger partial charge in [0.15, 0.2) is 0 Å². The first-order valence-electron chi connectivity index (χ1n) is 4.05. The van der Waals surface area contributed by atoms with E-state index in [2.05, 4.69) is 5.32 Å². The summed E-state index contributed by atoms with van der Waals surface area (Å²) in [5.74, 6) is 0. The first-order chi connectivity index (χ1) is 6.42. The maximum atomic E-state index is 10.1. The van der Waals surface area contributed by atoms with Gasteiger partial charge in [-0.25, -0.2) is 0 Å². The van der Waals surface area contributed by atoms with Gasteiger partial charge < -0.3 is 14.5 Å². The van der Waals surface area contributed by atoms with Crippen LogP contribution in [0.1, 0.15) is 0 Å². The lowest BCUT2D eigenvalue weighted by molar-refractivity contribution is -0.106. The highest BCUT2D eigenvalue weighted by Crippen LogP contribution is 2.24. The lowest BCUT2D eigenvalue weighted by Crippen LogP contribution is -2.00. The van der Waals surface area contributed by atoms with Crippen molar-refractivity contribution in [1.29, 1.82) is 0 Å². The van der Waals surface area contributed by atoms with Gasteiger partial charge in [0.2, 0.25) is 0 Å². The van der Waals surface area contributed by atoms with E-state index in [0.717, 1.165) is 22.9 Å². The maximum absolute atomic E-state index is 10.1. The van der Waals surface area contributed by atoms with Gasteiger partial charge in [0.1, 0.15) is 18.1 Å². The van der Waals surface area contributed by atoms with Crippen LogP contribution in [0.4, 0.5) is 5.69 Å². The number of carbonyl (C=O) groups is 1. The number of benzene rings is 1. The van der Waals surface area contributed by atoms with Crippen LogP contribution in [0.2, 0.25) is 0 Å². The molecule has 0 atom stereocenters. The quantitative estimate of drug-likeness (QED) is 0.726. The summed E-state index contributed by atoms with van der Waals surface area (Å²) in [6.45, 7) is 0.309. The molecule has 0 radical (unpaired) electrons. The molecule has 66 valence electrons. The molecule has 0 saturated carbocycles. The Kier molecular flexibility index (Phi) is 2.00. The summed E-state index contributed by atoms with van der Waals surface area (Å²) in [5.41, 5.74) is 1.69. The SMILES string of the molecule is O=CCNc1coc2ccccc12. The van der Waals surface area contributed by atoms with Crippen molar-refractivity contribution >= 4 is 22.9 Å². The summed E-state index contributed by atoms with van der Waals surface area (Å²) in [4.78, 5) is 10.1. The highest BCUT2D eigenvalue weighted by molar-refractivity contribution is 5.90. The molecule has 0 aliphatic carbocycles. The van der Waals surface area contributed by atoms with E-state index in [1.165, 1.54) is 0 Å². The Labute approximate surface area is 75.3 Å². The summed E-state index contributed by atoms with van der Waals surface area (Å²) in [5, 5.41) is 3.96. The van der Waals surface area contributed by atoms with Crippen LogP contribution >= 0.6 is 0 Å². The second kappa shape index (κ2) is 3.31. The number of rotatable bonds is 3. The topological polar surface area (TPSA) is 42.2 Å². The van der Waals surface area contributed by atoms with Gasteiger partial charge in [-0.1, -0.05) is 12.1 Å². The minimum absolute atomic E-state index is 0.309. The van der Waals surface area contributed by atoms with Crippen LogP contribution in [-0.2, 0) is 4.79 Å². The van der Waals surface area contributed by atoms with Crippen molar-refractivity contribution in [2.75, 3.05) is 11.9 Å². The zero-order valence-corrected chi connectivity index (χ0v) is 6.99. The summed E-state index contributed by atoms with van der Waals surface area (Å²) >= 11 is 0. The summed E-state index contributed by atoms with van der Waals surface area (Å²) in [6.07, 6.45) is 2.44. The van der Waals surface area contributed by atoms with E-state index < -0.39 is 0 Å². The van der Waals surface area contributed by atoms with Crippen molar-refractivity contribution in [3.05, 3.63) is 30.5 Å². The first-order valence-corrected chi connectivity index (χ1v) is 4.05. The predicted molar refractivity (Wildman–Crippen MR) is 50.8 cm³/mol. The van der Waals surface area contributed by atoms with Crippen LogP contribution in [0.3, 0.4) is 0 Å². The van der Waals surface area contributed by atoms with Crippen molar-refractivity contribution in [1.82, 2.24) is 0 Å². The highest BCUT2D eigenvalue weighted by atomic mass is 16.3. The highest BCUT2D eigenvalue weighted by Gasteiger charge is 2.02. The molecule has 2 aromatic rings. The van der Waals surface area contributed by atoms with Crippen LogP contribution in [0.5, 0.6) is 0 Å². The number of nitrogens with one attached hydrogen (secondary N) is 1. The van der Waals surface area contributed by atoms with Gasteiger partial charge in [-0.3, -0.25) is 0 Å². The number of fused-ring (bicyclic) bond motifs is 1. The first kappa shape index (κ1) is 7.86. The van der Waals surface area contributed by atoms with Crippen LogP contribution in [0.15, 0.2) is 34.9 Å². The maximum Gasteiger partial charge on any atom is 0.139 e. The zero-order valence-electron chi connectivity index (χ0n) is 6.99. The molecule has 1 heterocycles. The van der Waals surface area contributed by atoms with E-state index in [1.54, 1.807) is 6.26 Å². The van der Waals surface area contributed by atoms with Crippen molar-refractivity contribution < 1.29 is 9.21 Å². The van der Waals surface area contributed by atoms with Gasteiger partial charge in [-0.05, 0) is 12.1 Å². The Morgan fingerprint density at radius 2 is 2.23 bits per heavy atom. The molecule has 3 heteroatoms. The summed E-state index contributed by atoms with van der Waals surface area (Å²) < 4.78 is 5.27. The lowest BCUT2D eigenvalue weighted by Gasteiger charge is -1.96. The van der Waals surface area contributed by atoms with Gasteiger partial charge in [0.05, 0.1) is 12.2 Å². The largest absolute Gasteiger partial charge is 0.462 e. The molecule has 0 spiro atoms. The van der Waals surface area contributed by atoms with E-state index in [1.807, 2.05) is 24.3 Å². The van der Waals surface area contributed by atoms with Crippen LogP contribution in [0, 0.1) is 0 Å². The number of hydrogen-bond acceptors (Lipinski definition) is 3. The lowest BCUT2D eigenvalue weighted by atomic mass is 10.2. The Morgan fingerprint density at radius 3 is 3.08 bits per heavy atom. The molecule has 0 aliphatic rings. The van der Waals surface area contributed by atoms with Crippen molar-refractivity contribution in [3.8, 4) is 0 Å². The molecule has 2 rings (SSSR count). The minimum atomic E-state index is 0.309. The van der Waals surface area contributed by atoms with E-state index in [9.17, 15) is 4.79 Å². The Morgan fingerprint density at radius 1 is 1.38 bits per heavy atom. The number of hydrogen-bond donors (Lipinski definition) is 1. The van der Waals surface area contributed by atoms with Crippen molar-refractivity contribution in [2.24, 2.45) is 0 Å². The third-order valence-corrected chi connectivity index (χ3v) is 1.86. The predicted octanol–water partition coefficient (Wildman–Crippen LogP) is 2.04. The monoisotopic (exact) mass is 175 g/mol. The van der Waals surface area contributed by atoms with E-state index >= 15 is 0 Å². The molecule has 0 bridgehead atoms. The standard InChI is InChI=1S/C10H9NO2/c12-6-5-11-9-7-13-10-4-2-1-3-8(9)10/h1-4,6-7,11H,5H2. The molecule has 0 amide bonds. The van der Waals surface area contributed by atoms with Gasteiger partial charge in [-0.2, -0.15) is 0 Å². The number of para-hydroxylation sites is 1. The third-order valence-electron chi connectivity index (χ3n) is 1.86. The fourth-order valence-electron chi connectivity index (χ4n) is 1.27. The van der Waals surface area contributed by atoms with E-state index in [0.29, 0.717) is 6.54 Å². The normalized spacial score (nSPS) is 10.2. The van der Waals surface area contributed by atoms with E-state index in [-0.39, 0.29) is 0 Å². The Bertz CT molecular complexity index is 420. The fraction of sp³-hybridized carbons (Fsp3) is 0.100. The van der Waals surface area contributed by atoms with E-state index in [4.69, 9.17) is 4.42 Å². The molecule has 1 aromatic heterocycles. The van der Waals surface area contributed by atoms with Crippen LogP contribution in [0.25, 0.3) is 11.0 Å². The Balaban J connectivity index is 2.40. The number of aldehydes is 1. The summed E-state index contributed by atoms with van der Waals surface area (Å²) in [7, 11) is 0. The molecule has 13 heavy (non-hydrogen) atoms. The minimum Gasteiger partial charge on any atom is -0.462 e. The van der Waals surface area contributed by atoms with Crippen LogP contribution in [-0.4, -0.2) is 12.8 Å². The molecule has 1 aromatic carbocycles. The second-order valence-corrected chi connectivity index (χ2v) is 2.69. The second-order valence-electron chi connectivity index (χ2n) is 2.69. The number of furan rings is 1. The number of carbonyl (C=O) groups excluding carboxylic acids is 1. The Hall–Kier alpha value is -1.77. The van der Waals surface area contributed by atoms with Crippen LogP contribution < -0.4 is 5.32 Å². The summed E-state index contributed by atoms with van der Waals surface area (Å²) in [6, 6.07) is 7.69. The average molecular weight is 175 g/mol. The van der Waals surface area contributed by atoms with Crippen molar-refractivity contribution in [2.45, 2.75) is 0 Å². The molecule has 0 fully saturated rings. The molecule has 0 unspecified atom stereocenters. The molecular formula is C10H9NO2. The fourth-order valence-corrected chi connectivity index (χ4v) is 1.27. The van der Waals surface area contributed by atoms with Crippen molar-refractivity contribution in [3.63, 3.8) is 0 Å². The van der Waals surface area contributed by atoms with Gasteiger partial charge in [0.25, 0.3) is 0 Å². The smallest absolute Gasteiger partial charge is 0.139 e. The average Bonchev–Trinajstić information content (AvgIpc) is 2.58. The zero-order chi connectivity index (χ0) is 9.10. The van der Waals surface area contributed by atoms with Gasteiger partial charge in [-0.15, -0.1) is 0 Å². The van der Waals surface area contributed by atoms with Gasteiger partial charge in [0, 0.05) is 5.39 Å². The molecule has 0 aliphatic heterocycles. The number of anilines is 1. The third kappa shape index (κ3) is 1.40. The molecule has 1 N–H and O–H groups in total.